The molecule has 3 heterocycles. The van der Waals surface area contributed by atoms with Crippen molar-refractivity contribution >= 4 is 28.8 Å². The molecule has 1 fully saturated rings. The standard InChI is InChI=1S/C27H28N4O3S/c1-33-22-12-8-19(9-13-22)17-31-25-24(5-2-14-28-25)30-27(31)35-18-20-6-10-21(11-7-20)26(32)29-16-23-4-3-15-34-23/h2,5-14,23H,3-4,15-18H2,1H3,(H,29,32)/t23-/m0/s1. The monoisotopic (exact) mass is 488 g/mol. The molecule has 180 valence electrons. The quantitative estimate of drug-likeness (QED) is 0.345. The lowest BCUT2D eigenvalue weighted by molar-refractivity contribution is 0.0858. The predicted octanol–water partition coefficient (Wildman–Crippen LogP) is 4.69. The van der Waals surface area contributed by atoms with Crippen molar-refractivity contribution in [2.75, 3.05) is 20.3 Å². The van der Waals surface area contributed by atoms with E-state index in [1.165, 1.54) is 0 Å². The maximum atomic E-state index is 12.4. The van der Waals surface area contributed by atoms with Crippen LogP contribution in [0.4, 0.5) is 0 Å². The average Bonchev–Trinajstić information content (AvgIpc) is 3.55. The third kappa shape index (κ3) is 5.66. The minimum Gasteiger partial charge on any atom is -0.497 e. The molecule has 35 heavy (non-hydrogen) atoms. The number of hydrogen-bond acceptors (Lipinski definition) is 6. The maximum Gasteiger partial charge on any atom is 0.251 e. The van der Waals surface area contributed by atoms with Crippen LogP contribution < -0.4 is 10.1 Å². The second kappa shape index (κ2) is 10.9. The fourth-order valence-corrected chi connectivity index (χ4v) is 5.08. The van der Waals surface area contributed by atoms with Gasteiger partial charge in [0, 0.05) is 30.7 Å². The van der Waals surface area contributed by atoms with E-state index in [-0.39, 0.29) is 12.0 Å². The summed E-state index contributed by atoms with van der Waals surface area (Å²) in [6, 6.07) is 19.7. The third-order valence-electron chi connectivity index (χ3n) is 6.07. The first-order valence-electron chi connectivity index (χ1n) is 11.8. The molecule has 0 saturated carbocycles. The molecular weight excluding hydrogens is 460 g/mol. The Bertz CT molecular complexity index is 1280. The summed E-state index contributed by atoms with van der Waals surface area (Å²) in [5.74, 6) is 1.51. The lowest BCUT2D eigenvalue weighted by Gasteiger charge is -2.11. The van der Waals surface area contributed by atoms with Gasteiger partial charge in [-0.2, -0.15) is 0 Å². The van der Waals surface area contributed by atoms with E-state index in [4.69, 9.17) is 14.5 Å². The zero-order chi connectivity index (χ0) is 24.0. The molecular formula is C27H28N4O3S. The van der Waals surface area contributed by atoms with E-state index in [9.17, 15) is 4.79 Å². The number of methoxy groups -OCH3 is 1. The van der Waals surface area contributed by atoms with Crippen molar-refractivity contribution in [1.29, 1.82) is 0 Å². The molecule has 0 aliphatic carbocycles. The number of aromatic nitrogens is 3. The summed E-state index contributed by atoms with van der Waals surface area (Å²) in [5.41, 5.74) is 4.68. The van der Waals surface area contributed by atoms with Gasteiger partial charge >= 0.3 is 0 Å². The zero-order valence-corrected chi connectivity index (χ0v) is 20.5. The first kappa shape index (κ1) is 23.4. The fourth-order valence-electron chi connectivity index (χ4n) is 4.12. The molecule has 1 saturated heterocycles. The second-order valence-electron chi connectivity index (χ2n) is 8.51. The summed E-state index contributed by atoms with van der Waals surface area (Å²) < 4.78 is 13.0. The Labute approximate surface area is 208 Å². The van der Waals surface area contributed by atoms with Crippen LogP contribution >= 0.6 is 11.8 Å². The van der Waals surface area contributed by atoms with E-state index >= 15 is 0 Å². The van der Waals surface area contributed by atoms with Crippen LogP contribution in [0.5, 0.6) is 5.75 Å². The molecule has 2 aromatic carbocycles. The van der Waals surface area contributed by atoms with Gasteiger partial charge in [0.1, 0.15) is 11.3 Å². The van der Waals surface area contributed by atoms with Gasteiger partial charge in [-0.25, -0.2) is 9.97 Å². The number of fused-ring (bicyclic) bond motifs is 1. The molecule has 1 N–H and O–H groups in total. The molecule has 1 aliphatic heterocycles. The van der Waals surface area contributed by atoms with Crippen LogP contribution in [-0.4, -0.2) is 46.8 Å². The molecule has 0 unspecified atom stereocenters. The van der Waals surface area contributed by atoms with Crippen molar-refractivity contribution in [2.45, 2.75) is 36.4 Å². The van der Waals surface area contributed by atoms with Crippen molar-refractivity contribution in [2.24, 2.45) is 0 Å². The van der Waals surface area contributed by atoms with Gasteiger partial charge in [0.2, 0.25) is 0 Å². The number of thioether (sulfide) groups is 1. The molecule has 0 bridgehead atoms. The van der Waals surface area contributed by atoms with Crippen LogP contribution in [0.1, 0.15) is 34.3 Å². The topological polar surface area (TPSA) is 78.3 Å². The molecule has 1 aliphatic rings. The lowest BCUT2D eigenvalue weighted by Crippen LogP contribution is -2.31. The van der Waals surface area contributed by atoms with E-state index < -0.39 is 0 Å². The minimum absolute atomic E-state index is 0.0629. The van der Waals surface area contributed by atoms with Gasteiger partial charge in [0.25, 0.3) is 5.91 Å². The summed E-state index contributed by atoms with van der Waals surface area (Å²) in [6.07, 6.45) is 4.01. The largest absolute Gasteiger partial charge is 0.497 e. The van der Waals surface area contributed by atoms with Gasteiger partial charge in [-0.1, -0.05) is 36.0 Å². The lowest BCUT2D eigenvalue weighted by atomic mass is 10.1. The van der Waals surface area contributed by atoms with Gasteiger partial charge in [0.05, 0.1) is 19.8 Å². The molecule has 5 rings (SSSR count). The highest BCUT2D eigenvalue weighted by Crippen LogP contribution is 2.27. The van der Waals surface area contributed by atoms with Gasteiger partial charge in [-0.3, -0.25) is 9.36 Å². The van der Waals surface area contributed by atoms with E-state index in [2.05, 4.69) is 27.0 Å². The van der Waals surface area contributed by atoms with Gasteiger partial charge in [-0.05, 0) is 60.4 Å². The first-order valence-corrected chi connectivity index (χ1v) is 12.7. The second-order valence-corrected chi connectivity index (χ2v) is 9.45. The number of rotatable bonds is 9. The maximum absolute atomic E-state index is 12.4. The summed E-state index contributed by atoms with van der Waals surface area (Å²) in [7, 11) is 1.67. The van der Waals surface area contributed by atoms with Crippen LogP contribution in [0.2, 0.25) is 0 Å². The highest BCUT2D eigenvalue weighted by atomic mass is 32.2. The predicted molar refractivity (Wildman–Crippen MR) is 137 cm³/mol. The molecule has 8 heteroatoms. The number of imidazole rings is 1. The zero-order valence-electron chi connectivity index (χ0n) is 19.6. The van der Waals surface area contributed by atoms with Crippen molar-refractivity contribution < 1.29 is 14.3 Å². The Morgan fingerprint density at radius 1 is 1.14 bits per heavy atom. The molecule has 1 amide bonds. The summed E-state index contributed by atoms with van der Waals surface area (Å²) in [6.45, 7) is 2.02. The molecule has 4 aromatic rings. The molecule has 0 radical (unpaired) electrons. The Morgan fingerprint density at radius 2 is 1.94 bits per heavy atom. The van der Waals surface area contributed by atoms with Crippen molar-refractivity contribution in [3.05, 3.63) is 83.6 Å². The van der Waals surface area contributed by atoms with Gasteiger partial charge < -0.3 is 14.8 Å². The summed E-state index contributed by atoms with van der Waals surface area (Å²) >= 11 is 1.66. The Balaban J connectivity index is 1.26. The first-order chi connectivity index (χ1) is 17.2. The van der Waals surface area contributed by atoms with E-state index in [0.717, 1.165) is 58.4 Å². The van der Waals surface area contributed by atoms with Gasteiger partial charge in [-0.15, -0.1) is 0 Å². The highest BCUT2D eigenvalue weighted by Gasteiger charge is 2.17. The van der Waals surface area contributed by atoms with Crippen LogP contribution in [0, 0.1) is 0 Å². The number of hydrogen-bond donors (Lipinski definition) is 1. The SMILES string of the molecule is COc1ccc(Cn2c(SCc3ccc(C(=O)NC[C@@H]4CCCO4)cc3)nc3cccnc32)cc1. The number of nitrogens with zero attached hydrogens (tertiary/aromatic N) is 3. The number of nitrogens with one attached hydrogen (secondary N) is 1. The van der Waals surface area contributed by atoms with Crippen LogP contribution in [0.25, 0.3) is 11.2 Å². The number of carbonyl (C=O) groups is 1. The highest BCUT2D eigenvalue weighted by molar-refractivity contribution is 7.98. The van der Waals surface area contributed by atoms with E-state index in [1.807, 2.05) is 48.5 Å². The summed E-state index contributed by atoms with van der Waals surface area (Å²) in [4.78, 5) is 21.9. The molecule has 2 aromatic heterocycles. The third-order valence-corrected chi connectivity index (χ3v) is 7.11. The minimum atomic E-state index is -0.0629. The normalized spacial score (nSPS) is 15.4. The van der Waals surface area contributed by atoms with Crippen molar-refractivity contribution in [3.8, 4) is 5.75 Å². The smallest absolute Gasteiger partial charge is 0.251 e. The van der Waals surface area contributed by atoms with Crippen molar-refractivity contribution in [3.63, 3.8) is 0 Å². The Hall–Kier alpha value is -3.36. The van der Waals surface area contributed by atoms with Crippen LogP contribution in [-0.2, 0) is 17.0 Å². The number of benzene rings is 2. The van der Waals surface area contributed by atoms with Crippen molar-refractivity contribution in [1.82, 2.24) is 19.9 Å². The number of carbonyl (C=O) groups excluding carboxylic acids is 1. The Morgan fingerprint density at radius 3 is 2.69 bits per heavy atom. The Kier molecular flexibility index (Phi) is 7.30. The van der Waals surface area contributed by atoms with E-state index in [0.29, 0.717) is 18.7 Å². The van der Waals surface area contributed by atoms with Gasteiger partial charge in [0.15, 0.2) is 10.8 Å². The molecule has 7 nitrogen and oxygen atoms in total. The number of ether oxygens (including phenoxy) is 2. The molecule has 1 atom stereocenters. The number of amides is 1. The molecule has 0 spiro atoms. The van der Waals surface area contributed by atoms with Crippen LogP contribution in [0.3, 0.4) is 0 Å². The van der Waals surface area contributed by atoms with Crippen LogP contribution in [0.15, 0.2) is 72.0 Å². The average molecular weight is 489 g/mol. The van der Waals surface area contributed by atoms with E-state index in [1.54, 1.807) is 25.1 Å². The number of pyridine rings is 1. The fraction of sp³-hybridized carbons (Fsp3) is 0.296. The summed E-state index contributed by atoms with van der Waals surface area (Å²) in [5, 5.41) is 3.88.